The van der Waals surface area contributed by atoms with E-state index in [4.69, 9.17) is 26.8 Å². The third-order valence-corrected chi connectivity index (χ3v) is 2.66. The van der Waals surface area contributed by atoms with Crippen LogP contribution in [0.25, 0.3) is 0 Å². The van der Waals surface area contributed by atoms with Crippen molar-refractivity contribution in [2.75, 3.05) is 44.5 Å². The lowest BCUT2D eigenvalue weighted by Gasteiger charge is -2.11. The summed E-state index contributed by atoms with van der Waals surface area (Å²) in [6.07, 6.45) is 0. The minimum atomic E-state index is 0.568. The number of rotatable bonds is 7. The molecule has 1 rings (SSSR count). The first-order valence-electron chi connectivity index (χ1n) is 5.51. The Kier molecular flexibility index (Phi) is 6.11. The van der Waals surface area contributed by atoms with Gasteiger partial charge < -0.3 is 20.5 Å². The quantitative estimate of drug-likeness (QED) is 0.582. The second-order valence-corrected chi connectivity index (χ2v) is 4.13. The van der Waals surface area contributed by atoms with Crippen LogP contribution in [0.5, 0.6) is 0 Å². The number of hydrogen-bond donors (Lipinski definition) is 2. The molecule has 17 heavy (non-hydrogen) atoms. The molecule has 3 N–H and O–H groups in total. The van der Waals surface area contributed by atoms with Crippen LogP contribution in [0.15, 0.2) is 12.1 Å². The molecule has 0 aliphatic rings. The average Bonchev–Trinajstić information content (AvgIpc) is 2.30. The van der Waals surface area contributed by atoms with Gasteiger partial charge in [0.2, 0.25) is 0 Å². The van der Waals surface area contributed by atoms with Crippen molar-refractivity contribution >= 4 is 23.0 Å². The van der Waals surface area contributed by atoms with Crippen LogP contribution in [0.1, 0.15) is 5.56 Å². The predicted octanol–water partition coefficient (Wildman–Crippen LogP) is 2.31. The van der Waals surface area contributed by atoms with Crippen LogP contribution >= 0.6 is 11.6 Å². The molecule has 96 valence electrons. The van der Waals surface area contributed by atoms with E-state index in [1.165, 1.54) is 0 Å². The molecule has 0 atom stereocenters. The van der Waals surface area contributed by atoms with Gasteiger partial charge in [0.25, 0.3) is 0 Å². The number of aryl methyl sites for hydroxylation is 1. The van der Waals surface area contributed by atoms with Gasteiger partial charge in [0, 0.05) is 19.3 Å². The summed E-state index contributed by atoms with van der Waals surface area (Å²) in [5, 5.41) is 3.82. The molecule has 0 radical (unpaired) electrons. The Morgan fingerprint density at radius 3 is 2.76 bits per heavy atom. The zero-order chi connectivity index (χ0) is 12.7. The molecule has 0 bridgehead atoms. The molecule has 0 spiro atoms. The van der Waals surface area contributed by atoms with Crippen LogP contribution < -0.4 is 11.1 Å². The van der Waals surface area contributed by atoms with Crippen molar-refractivity contribution < 1.29 is 9.47 Å². The smallest absolute Gasteiger partial charge is 0.0701 e. The molecule has 0 aromatic heterocycles. The van der Waals surface area contributed by atoms with Gasteiger partial charge in [-0.25, -0.2) is 0 Å². The van der Waals surface area contributed by atoms with E-state index in [-0.39, 0.29) is 0 Å². The summed E-state index contributed by atoms with van der Waals surface area (Å²) in [6, 6.07) is 3.69. The normalized spacial score (nSPS) is 10.5. The summed E-state index contributed by atoms with van der Waals surface area (Å²) in [5.74, 6) is 0. The zero-order valence-electron chi connectivity index (χ0n) is 10.3. The largest absolute Gasteiger partial charge is 0.398 e. The molecule has 0 saturated heterocycles. The van der Waals surface area contributed by atoms with Gasteiger partial charge in [0.15, 0.2) is 0 Å². The molecular weight excluding hydrogens is 240 g/mol. The Balaban J connectivity index is 2.34. The van der Waals surface area contributed by atoms with Crippen LogP contribution in [0, 0.1) is 6.92 Å². The van der Waals surface area contributed by atoms with Gasteiger partial charge in [-0.2, -0.15) is 0 Å². The average molecular weight is 259 g/mol. The Morgan fingerprint density at radius 2 is 2.06 bits per heavy atom. The topological polar surface area (TPSA) is 56.5 Å². The monoisotopic (exact) mass is 258 g/mol. The number of benzene rings is 1. The van der Waals surface area contributed by atoms with Crippen LogP contribution in [-0.2, 0) is 9.47 Å². The Labute approximate surface area is 107 Å². The van der Waals surface area contributed by atoms with Crippen molar-refractivity contribution in [2.24, 2.45) is 0 Å². The van der Waals surface area contributed by atoms with Gasteiger partial charge in [-0.15, -0.1) is 0 Å². The maximum atomic E-state index is 5.95. The van der Waals surface area contributed by atoms with Crippen LogP contribution in [-0.4, -0.2) is 33.5 Å². The highest BCUT2D eigenvalue weighted by Crippen LogP contribution is 2.26. The first-order valence-corrected chi connectivity index (χ1v) is 5.89. The van der Waals surface area contributed by atoms with Crippen molar-refractivity contribution in [2.45, 2.75) is 6.92 Å². The molecule has 1 aromatic rings. The molecule has 4 nitrogen and oxygen atoms in total. The number of methoxy groups -OCH3 is 1. The molecule has 0 amide bonds. The third kappa shape index (κ3) is 4.81. The zero-order valence-corrected chi connectivity index (χ0v) is 11.0. The molecular formula is C12H19ClN2O2. The summed E-state index contributed by atoms with van der Waals surface area (Å²) < 4.78 is 10.2. The Hall–Kier alpha value is -0.970. The van der Waals surface area contributed by atoms with Crippen LogP contribution in [0.3, 0.4) is 0 Å². The maximum absolute atomic E-state index is 5.95. The summed E-state index contributed by atoms with van der Waals surface area (Å²) in [4.78, 5) is 0. The summed E-state index contributed by atoms with van der Waals surface area (Å²) in [5.41, 5.74) is 8.36. The van der Waals surface area contributed by atoms with Crippen molar-refractivity contribution in [3.8, 4) is 0 Å². The molecule has 0 heterocycles. The number of nitrogen functional groups attached to an aromatic ring is 1. The predicted molar refractivity (Wildman–Crippen MR) is 71.8 cm³/mol. The number of nitrogens with two attached hydrogens (primary N) is 1. The van der Waals surface area contributed by atoms with Crippen LogP contribution in [0.4, 0.5) is 11.4 Å². The number of ether oxygens (including phenoxy) is 2. The molecule has 0 aliphatic carbocycles. The Morgan fingerprint density at radius 1 is 1.29 bits per heavy atom. The molecule has 0 fully saturated rings. The van der Waals surface area contributed by atoms with Gasteiger partial charge >= 0.3 is 0 Å². The van der Waals surface area contributed by atoms with Gasteiger partial charge in [-0.3, -0.25) is 0 Å². The number of halogens is 1. The second-order valence-electron chi connectivity index (χ2n) is 3.72. The highest BCUT2D eigenvalue weighted by Gasteiger charge is 2.02. The Bertz CT molecular complexity index is 359. The van der Waals surface area contributed by atoms with Gasteiger partial charge in [0.1, 0.15) is 0 Å². The highest BCUT2D eigenvalue weighted by molar-refractivity contribution is 6.33. The van der Waals surface area contributed by atoms with Crippen molar-refractivity contribution in [3.05, 3.63) is 22.7 Å². The van der Waals surface area contributed by atoms with E-state index in [9.17, 15) is 0 Å². The van der Waals surface area contributed by atoms with Crippen molar-refractivity contribution in [3.63, 3.8) is 0 Å². The lowest BCUT2D eigenvalue weighted by atomic mass is 10.2. The van der Waals surface area contributed by atoms with Crippen molar-refractivity contribution in [1.82, 2.24) is 0 Å². The fourth-order valence-electron chi connectivity index (χ4n) is 1.40. The molecule has 0 aliphatic heterocycles. The van der Waals surface area contributed by atoms with E-state index in [0.29, 0.717) is 30.5 Å². The first-order chi connectivity index (χ1) is 8.15. The highest BCUT2D eigenvalue weighted by atomic mass is 35.5. The number of nitrogens with one attached hydrogen (secondary N) is 1. The van der Waals surface area contributed by atoms with E-state index in [2.05, 4.69) is 5.32 Å². The minimum Gasteiger partial charge on any atom is -0.398 e. The van der Waals surface area contributed by atoms with Crippen molar-refractivity contribution in [1.29, 1.82) is 0 Å². The summed E-state index contributed by atoms with van der Waals surface area (Å²) in [7, 11) is 1.65. The van der Waals surface area contributed by atoms with Gasteiger partial charge in [-0.1, -0.05) is 11.6 Å². The maximum Gasteiger partial charge on any atom is 0.0701 e. The van der Waals surface area contributed by atoms with E-state index in [0.717, 1.165) is 17.8 Å². The molecule has 1 aromatic carbocycles. The number of anilines is 2. The lowest BCUT2D eigenvalue weighted by molar-refractivity contribution is 0.0759. The molecule has 5 heteroatoms. The third-order valence-electron chi connectivity index (χ3n) is 2.34. The summed E-state index contributed by atoms with van der Waals surface area (Å²) in [6.45, 7) is 4.57. The first kappa shape index (κ1) is 14.1. The van der Waals surface area contributed by atoms with E-state index in [1.54, 1.807) is 7.11 Å². The van der Waals surface area contributed by atoms with E-state index < -0.39 is 0 Å². The van der Waals surface area contributed by atoms with Gasteiger partial charge in [-0.05, 0) is 24.6 Å². The lowest BCUT2D eigenvalue weighted by Crippen LogP contribution is -2.12. The minimum absolute atomic E-state index is 0.568. The second kappa shape index (κ2) is 7.37. The standard InChI is InChI=1S/C12H19ClN2O2/c1-9-7-11(14)10(13)8-12(9)15-3-4-17-6-5-16-2/h7-8,15H,3-6,14H2,1-2H3. The van der Waals surface area contributed by atoms with E-state index >= 15 is 0 Å². The number of hydrogen-bond acceptors (Lipinski definition) is 4. The fourth-order valence-corrected chi connectivity index (χ4v) is 1.56. The van der Waals surface area contributed by atoms with E-state index in [1.807, 2.05) is 19.1 Å². The van der Waals surface area contributed by atoms with Gasteiger partial charge in [0.05, 0.1) is 30.5 Å². The fraction of sp³-hybridized carbons (Fsp3) is 0.500. The van der Waals surface area contributed by atoms with Crippen LogP contribution in [0.2, 0.25) is 5.02 Å². The molecule has 0 saturated carbocycles. The SMILES string of the molecule is COCCOCCNc1cc(Cl)c(N)cc1C. The molecule has 0 unspecified atom stereocenters. The summed E-state index contributed by atoms with van der Waals surface area (Å²) >= 11 is 5.95.